The number of aromatic nitrogens is 1. The molecule has 1 N–H and O–H groups in total. The molecule has 0 spiro atoms. The maximum absolute atomic E-state index is 12.9. The van der Waals surface area contributed by atoms with Gasteiger partial charge < -0.3 is 9.88 Å². The highest BCUT2D eigenvalue weighted by Crippen LogP contribution is 2.15. The third-order valence-electron chi connectivity index (χ3n) is 2.46. The SMILES string of the molecule is Cn1c(Br)ccc1CNc1cccc(F)c1. The molecule has 0 saturated heterocycles. The van der Waals surface area contributed by atoms with Crippen LogP contribution in [0, 0.1) is 5.82 Å². The highest BCUT2D eigenvalue weighted by molar-refractivity contribution is 9.10. The molecule has 0 amide bonds. The van der Waals surface area contributed by atoms with Crippen LogP contribution in [0.3, 0.4) is 0 Å². The summed E-state index contributed by atoms with van der Waals surface area (Å²) < 4.78 is 16.0. The molecule has 2 nitrogen and oxygen atoms in total. The fourth-order valence-corrected chi connectivity index (χ4v) is 1.85. The van der Waals surface area contributed by atoms with Crippen molar-refractivity contribution in [2.75, 3.05) is 5.32 Å². The Balaban J connectivity index is 2.05. The van der Waals surface area contributed by atoms with E-state index in [1.165, 1.54) is 12.1 Å². The molecule has 16 heavy (non-hydrogen) atoms. The number of benzene rings is 1. The Morgan fingerprint density at radius 1 is 1.31 bits per heavy atom. The molecule has 0 saturated carbocycles. The highest BCUT2D eigenvalue weighted by Gasteiger charge is 2.01. The zero-order valence-corrected chi connectivity index (χ0v) is 10.5. The predicted molar refractivity (Wildman–Crippen MR) is 66.8 cm³/mol. The lowest BCUT2D eigenvalue weighted by atomic mass is 10.3. The molecule has 1 aromatic carbocycles. The van der Waals surface area contributed by atoms with Crippen molar-refractivity contribution < 1.29 is 4.39 Å². The monoisotopic (exact) mass is 282 g/mol. The van der Waals surface area contributed by atoms with Gasteiger partial charge in [0.2, 0.25) is 0 Å². The zero-order chi connectivity index (χ0) is 11.5. The van der Waals surface area contributed by atoms with E-state index >= 15 is 0 Å². The number of halogens is 2. The van der Waals surface area contributed by atoms with Gasteiger partial charge in [0.25, 0.3) is 0 Å². The van der Waals surface area contributed by atoms with Crippen molar-refractivity contribution in [3.63, 3.8) is 0 Å². The summed E-state index contributed by atoms with van der Waals surface area (Å²) >= 11 is 3.43. The third-order valence-corrected chi connectivity index (χ3v) is 3.26. The van der Waals surface area contributed by atoms with Gasteiger partial charge in [-0.15, -0.1) is 0 Å². The fourth-order valence-electron chi connectivity index (χ4n) is 1.49. The van der Waals surface area contributed by atoms with E-state index < -0.39 is 0 Å². The van der Waals surface area contributed by atoms with E-state index in [2.05, 4.69) is 21.2 Å². The van der Waals surface area contributed by atoms with Crippen LogP contribution >= 0.6 is 15.9 Å². The van der Waals surface area contributed by atoms with Gasteiger partial charge >= 0.3 is 0 Å². The third kappa shape index (κ3) is 2.44. The Morgan fingerprint density at radius 2 is 2.12 bits per heavy atom. The van der Waals surface area contributed by atoms with E-state index in [1.54, 1.807) is 6.07 Å². The van der Waals surface area contributed by atoms with Gasteiger partial charge in [-0.25, -0.2) is 4.39 Å². The van der Waals surface area contributed by atoms with Crippen molar-refractivity contribution in [1.82, 2.24) is 4.57 Å². The number of nitrogens with one attached hydrogen (secondary N) is 1. The lowest BCUT2D eigenvalue weighted by molar-refractivity contribution is 0.628. The summed E-state index contributed by atoms with van der Waals surface area (Å²) in [5.41, 5.74) is 1.92. The van der Waals surface area contributed by atoms with Crippen molar-refractivity contribution in [1.29, 1.82) is 0 Å². The molecule has 0 bridgehead atoms. The van der Waals surface area contributed by atoms with Crippen LogP contribution in [-0.4, -0.2) is 4.57 Å². The highest BCUT2D eigenvalue weighted by atomic mass is 79.9. The standard InChI is InChI=1S/C12H12BrFN2/c1-16-11(5-6-12(16)13)8-15-10-4-2-3-9(14)7-10/h2-7,15H,8H2,1H3. The van der Waals surface area contributed by atoms with E-state index in [0.717, 1.165) is 16.0 Å². The summed E-state index contributed by atoms with van der Waals surface area (Å²) in [4.78, 5) is 0. The van der Waals surface area contributed by atoms with Crippen LogP contribution < -0.4 is 5.32 Å². The van der Waals surface area contributed by atoms with Crippen LogP contribution in [0.5, 0.6) is 0 Å². The molecule has 4 heteroatoms. The quantitative estimate of drug-likeness (QED) is 0.911. The topological polar surface area (TPSA) is 17.0 Å². The van der Waals surface area contributed by atoms with E-state index in [9.17, 15) is 4.39 Å². The van der Waals surface area contributed by atoms with Crippen LogP contribution in [0.1, 0.15) is 5.69 Å². The largest absolute Gasteiger partial charge is 0.379 e. The van der Waals surface area contributed by atoms with Gasteiger partial charge in [0.1, 0.15) is 5.82 Å². The fraction of sp³-hybridized carbons (Fsp3) is 0.167. The van der Waals surface area contributed by atoms with Gasteiger partial charge in [0, 0.05) is 18.4 Å². The normalized spacial score (nSPS) is 10.4. The van der Waals surface area contributed by atoms with E-state index in [4.69, 9.17) is 0 Å². The molecule has 0 fully saturated rings. The Hall–Kier alpha value is -1.29. The van der Waals surface area contributed by atoms with E-state index in [-0.39, 0.29) is 5.82 Å². The molecule has 2 rings (SSSR count). The Bertz CT molecular complexity index is 494. The van der Waals surface area contributed by atoms with Gasteiger partial charge in [-0.05, 0) is 46.3 Å². The maximum atomic E-state index is 12.9. The van der Waals surface area contributed by atoms with Crippen molar-refractivity contribution >= 4 is 21.6 Å². The molecule has 0 aliphatic rings. The molecular weight excluding hydrogens is 271 g/mol. The second-order valence-electron chi connectivity index (χ2n) is 3.57. The Labute approximate surface area is 102 Å². The minimum Gasteiger partial charge on any atom is -0.379 e. The molecule has 1 aromatic heterocycles. The minimum absolute atomic E-state index is 0.224. The average Bonchev–Trinajstić information content (AvgIpc) is 2.57. The summed E-state index contributed by atoms with van der Waals surface area (Å²) in [6, 6.07) is 10.5. The van der Waals surface area contributed by atoms with Crippen molar-refractivity contribution in [3.8, 4) is 0 Å². The second kappa shape index (κ2) is 4.70. The molecule has 0 unspecified atom stereocenters. The van der Waals surface area contributed by atoms with Gasteiger partial charge in [-0.1, -0.05) is 6.07 Å². The first-order chi connectivity index (χ1) is 7.66. The average molecular weight is 283 g/mol. The first-order valence-electron chi connectivity index (χ1n) is 4.96. The van der Waals surface area contributed by atoms with Gasteiger partial charge in [0.05, 0.1) is 11.1 Å². The Morgan fingerprint density at radius 3 is 2.75 bits per heavy atom. The molecule has 1 heterocycles. The molecule has 0 atom stereocenters. The summed E-state index contributed by atoms with van der Waals surface area (Å²) in [6.07, 6.45) is 0. The molecule has 0 aliphatic heterocycles. The summed E-state index contributed by atoms with van der Waals surface area (Å²) in [5, 5.41) is 3.17. The van der Waals surface area contributed by atoms with Crippen LogP contribution in [0.2, 0.25) is 0 Å². The molecule has 2 aromatic rings. The molecule has 0 radical (unpaired) electrons. The van der Waals surface area contributed by atoms with Crippen LogP contribution in [0.4, 0.5) is 10.1 Å². The van der Waals surface area contributed by atoms with Crippen LogP contribution in [-0.2, 0) is 13.6 Å². The van der Waals surface area contributed by atoms with Crippen molar-refractivity contribution in [2.45, 2.75) is 6.54 Å². The molecule has 84 valence electrons. The summed E-state index contributed by atoms with van der Waals surface area (Å²) in [7, 11) is 1.98. The molecule has 0 aliphatic carbocycles. The molecular formula is C12H12BrFN2. The van der Waals surface area contributed by atoms with Gasteiger partial charge in [0.15, 0.2) is 0 Å². The van der Waals surface area contributed by atoms with Crippen molar-refractivity contribution in [3.05, 3.63) is 52.5 Å². The lowest BCUT2D eigenvalue weighted by Gasteiger charge is -2.08. The number of anilines is 1. The van der Waals surface area contributed by atoms with Crippen LogP contribution in [0.15, 0.2) is 41.0 Å². The first kappa shape index (κ1) is 11.2. The van der Waals surface area contributed by atoms with E-state index in [0.29, 0.717) is 6.54 Å². The summed E-state index contributed by atoms with van der Waals surface area (Å²) in [5.74, 6) is -0.224. The lowest BCUT2D eigenvalue weighted by Crippen LogP contribution is -2.04. The first-order valence-corrected chi connectivity index (χ1v) is 5.75. The van der Waals surface area contributed by atoms with Crippen molar-refractivity contribution in [2.24, 2.45) is 7.05 Å². The number of nitrogens with zero attached hydrogens (tertiary/aromatic N) is 1. The zero-order valence-electron chi connectivity index (χ0n) is 8.87. The second-order valence-corrected chi connectivity index (χ2v) is 4.38. The van der Waals surface area contributed by atoms with Gasteiger partial charge in [-0.2, -0.15) is 0 Å². The maximum Gasteiger partial charge on any atom is 0.125 e. The minimum atomic E-state index is -0.224. The number of hydrogen-bond acceptors (Lipinski definition) is 1. The Kier molecular flexibility index (Phi) is 3.29. The smallest absolute Gasteiger partial charge is 0.125 e. The van der Waals surface area contributed by atoms with Crippen LogP contribution in [0.25, 0.3) is 0 Å². The number of hydrogen-bond donors (Lipinski definition) is 1. The predicted octanol–water partition coefficient (Wildman–Crippen LogP) is 3.54. The van der Waals surface area contributed by atoms with Gasteiger partial charge in [-0.3, -0.25) is 0 Å². The summed E-state index contributed by atoms with van der Waals surface area (Å²) in [6.45, 7) is 0.672. The number of rotatable bonds is 3. The van der Waals surface area contributed by atoms with E-state index in [1.807, 2.05) is 29.8 Å².